The van der Waals surface area contributed by atoms with E-state index >= 15 is 0 Å². The number of nitrogen functional groups attached to an aromatic ring is 1. The van der Waals surface area contributed by atoms with Crippen molar-refractivity contribution < 1.29 is 26.3 Å². The summed E-state index contributed by atoms with van der Waals surface area (Å²) in [6.45, 7) is 1.20. The largest absolute Gasteiger partial charge is 0.432 e. The van der Waals surface area contributed by atoms with E-state index in [4.69, 9.17) is 5.73 Å². The number of alkyl halides is 6. The smallest absolute Gasteiger partial charge is 0.399 e. The molecule has 0 fully saturated rings. The molecule has 0 saturated carbocycles. The molecule has 1 aromatic rings. The Morgan fingerprint density at radius 1 is 1.00 bits per heavy atom. The molecule has 0 saturated heterocycles. The summed E-state index contributed by atoms with van der Waals surface area (Å²) in [5.41, 5.74) is -0.337. The fourth-order valence-corrected chi connectivity index (χ4v) is 1.56. The molecular weight excluding hydrogens is 260 g/mol. The van der Waals surface area contributed by atoms with Crippen LogP contribution in [0.4, 0.5) is 32.0 Å². The van der Waals surface area contributed by atoms with Gasteiger partial charge in [-0.05, 0) is 18.6 Å². The van der Waals surface area contributed by atoms with Crippen molar-refractivity contribution in [3.8, 4) is 0 Å². The highest BCUT2D eigenvalue weighted by molar-refractivity contribution is 5.49. The van der Waals surface area contributed by atoms with Gasteiger partial charge in [-0.1, -0.05) is 12.1 Å². The van der Waals surface area contributed by atoms with Crippen LogP contribution in [0.1, 0.15) is 18.1 Å². The van der Waals surface area contributed by atoms with Crippen LogP contribution in [0.2, 0.25) is 0 Å². The van der Waals surface area contributed by atoms with Crippen LogP contribution in [0, 0.1) is 6.92 Å². The van der Waals surface area contributed by atoms with Crippen LogP contribution in [0.15, 0.2) is 18.2 Å². The number of hydrogen-bond donors (Lipinski definition) is 1. The molecule has 1 atom stereocenters. The van der Waals surface area contributed by atoms with E-state index in [1.807, 2.05) is 0 Å². The summed E-state index contributed by atoms with van der Waals surface area (Å²) in [7, 11) is 0. The average molecular weight is 271 g/mol. The lowest BCUT2D eigenvalue weighted by Gasteiger charge is -2.33. The zero-order valence-corrected chi connectivity index (χ0v) is 9.58. The molecule has 2 N–H and O–H groups in total. The van der Waals surface area contributed by atoms with Gasteiger partial charge in [-0.3, -0.25) is 0 Å². The van der Waals surface area contributed by atoms with Crippen molar-refractivity contribution in [2.24, 2.45) is 0 Å². The Balaban J connectivity index is 3.51. The first-order valence-corrected chi connectivity index (χ1v) is 4.91. The van der Waals surface area contributed by atoms with Gasteiger partial charge in [-0.2, -0.15) is 13.2 Å². The molecule has 1 aromatic carbocycles. The number of halogens is 6. The molecule has 0 aromatic heterocycles. The van der Waals surface area contributed by atoms with Gasteiger partial charge in [-0.15, -0.1) is 0 Å². The van der Waals surface area contributed by atoms with Crippen molar-refractivity contribution in [3.05, 3.63) is 29.3 Å². The van der Waals surface area contributed by atoms with Crippen LogP contribution in [0.3, 0.4) is 0 Å². The maximum atomic E-state index is 13.9. The molecule has 1 rings (SSSR count). The highest BCUT2D eigenvalue weighted by Crippen LogP contribution is 2.52. The van der Waals surface area contributed by atoms with Gasteiger partial charge in [-0.25, -0.2) is 13.2 Å². The molecule has 0 bridgehead atoms. The molecule has 7 heteroatoms. The SMILES string of the molecule is Cc1cc(C(F)(C(C)(F)F)C(F)(F)F)ccc1N. The number of hydrogen-bond acceptors (Lipinski definition) is 1. The molecule has 0 aliphatic rings. The van der Waals surface area contributed by atoms with E-state index in [1.165, 1.54) is 6.92 Å². The molecule has 1 unspecified atom stereocenters. The Labute approximate surface area is 99.6 Å². The summed E-state index contributed by atoms with van der Waals surface area (Å²) in [5, 5.41) is 0. The Kier molecular flexibility index (Phi) is 3.31. The summed E-state index contributed by atoms with van der Waals surface area (Å²) >= 11 is 0. The number of anilines is 1. The summed E-state index contributed by atoms with van der Waals surface area (Å²) in [4.78, 5) is 0. The first-order valence-electron chi connectivity index (χ1n) is 4.91. The number of nitrogens with two attached hydrogens (primary N) is 1. The average Bonchev–Trinajstić information content (AvgIpc) is 2.17. The second-order valence-electron chi connectivity index (χ2n) is 4.12. The van der Waals surface area contributed by atoms with Crippen molar-refractivity contribution in [1.82, 2.24) is 0 Å². The van der Waals surface area contributed by atoms with E-state index in [0.29, 0.717) is 12.1 Å². The number of aryl methyl sites for hydroxylation is 1. The standard InChI is InChI=1S/C11H11F6N/c1-6-5-7(3-4-8(6)18)10(14,9(2,12)13)11(15,16)17/h3-5H,18H2,1-2H3. The van der Waals surface area contributed by atoms with Gasteiger partial charge in [0.1, 0.15) is 0 Å². The van der Waals surface area contributed by atoms with Crippen LogP contribution in [0.25, 0.3) is 0 Å². The predicted octanol–water partition coefficient (Wildman–Crippen LogP) is 3.96. The second kappa shape index (κ2) is 4.07. The normalized spacial score (nSPS) is 16.4. The van der Waals surface area contributed by atoms with E-state index in [-0.39, 0.29) is 18.2 Å². The predicted molar refractivity (Wildman–Crippen MR) is 55.1 cm³/mol. The lowest BCUT2D eigenvalue weighted by atomic mass is 9.88. The van der Waals surface area contributed by atoms with Crippen molar-refractivity contribution in [3.63, 3.8) is 0 Å². The lowest BCUT2D eigenvalue weighted by Crippen LogP contribution is -2.51. The third-order valence-electron chi connectivity index (χ3n) is 2.66. The third-order valence-corrected chi connectivity index (χ3v) is 2.66. The highest BCUT2D eigenvalue weighted by atomic mass is 19.4. The van der Waals surface area contributed by atoms with Gasteiger partial charge in [0, 0.05) is 18.2 Å². The van der Waals surface area contributed by atoms with Gasteiger partial charge in [0.15, 0.2) is 0 Å². The quantitative estimate of drug-likeness (QED) is 0.639. The molecule has 0 aliphatic carbocycles. The molecule has 102 valence electrons. The minimum Gasteiger partial charge on any atom is -0.399 e. The summed E-state index contributed by atoms with van der Waals surface area (Å²) in [5.74, 6) is -4.60. The van der Waals surface area contributed by atoms with Crippen LogP contribution in [-0.2, 0) is 5.67 Å². The first kappa shape index (κ1) is 14.7. The van der Waals surface area contributed by atoms with Gasteiger partial charge in [0.25, 0.3) is 11.6 Å². The number of benzene rings is 1. The van der Waals surface area contributed by atoms with E-state index in [1.54, 1.807) is 0 Å². The zero-order valence-electron chi connectivity index (χ0n) is 9.58. The van der Waals surface area contributed by atoms with E-state index < -0.39 is 23.3 Å². The van der Waals surface area contributed by atoms with Crippen molar-refractivity contribution in [2.75, 3.05) is 5.73 Å². The number of rotatable bonds is 2. The molecule has 1 nitrogen and oxygen atoms in total. The molecular formula is C11H11F6N. The van der Waals surface area contributed by atoms with Crippen LogP contribution in [0.5, 0.6) is 0 Å². The Morgan fingerprint density at radius 2 is 1.50 bits per heavy atom. The zero-order chi connectivity index (χ0) is 14.4. The third kappa shape index (κ3) is 2.13. The Hall–Kier alpha value is -1.40. The molecule has 0 heterocycles. The van der Waals surface area contributed by atoms with Crippen LogP contribution >= 0.6 is 0 Å². The minimum absolute atomic E-state index is 0.0997. The van der Waals surface area contributed by atoms with E-state index in [2.05, 4.69) is 0 Å². The summed E-state index contributed by atoms with van der Waals surface area (Å²) < 4.78 is 77.9. The van der Waals surface area contributed by atoms with Crippen molar-refractivity contribution >= 4 is 5.69 Å². The Bertz CT molecular complexity index is 432. The van der Waals surface area contributed by atoms with Crippen molar-refractivity contribution in [1.29, 1.82) is 0 Å². The topological polar surface area (TPSA) is 26.0 Å². The Morgan fingerprint density at radius 3 is 1.83 bits per heavy atom. The van der Waals surface area contributed by atoms with Gasteiger partial charge < -0.3 is 5.73 Å². The molecule has 0 amide bonds. The van der Waals surface area contributed by atoms with Gasteiger partial charge in [0.2, 0.25) is 0 Å². The molecule has 0 radical (unpaired) electrons. The fourth-order valence-electron chi connectivity index (χ4n) is 1.56. The van der Waals surface area contributed by atoms with Crippen LogP contribution in [-0.4, -0.2) is 12.1 Å². The first-order chi connectivity index (χ1) is 7.91. The van der Waals surface area contributed by atoms with E-state index in [0.717, 1.165) is 6.07 Å². The van der Waals surface area contributed by atoms with Gasteiger partial charge in [0.05, 0.1) is 0 Å². The second-order valence-corrected chi connectivity index (χ2v) is 4.12. The van der Waals surface area contributed by atoms with Crippen LogP contribution < -0.4 is 5.73 Å². The maximum absolute atomic E-state index is 13.9. The minimum atomic E-state index is -5.73. The van der Waals surface area contributed by atoms with Crippen molar-refractivity contribution in [2.45, 2.75) is 31.6 Å². The highest BCUT2D eigenvalue weighted by Gasteiger charge is 2.69. The molecule has 0 aliphatic heterocycles. The monoisotopic (exact) mass is 271 g/mol. The lowest BCUT2D eigenvalue weighted by molar-refractivity contribution is -0.304. The van der Waals surface area contributed by atoms with Gasteiger partial charge >= 0.3 is 6.18 Å². The maximum Gasteiger partial charge on any atom is 0.432 e. The molecule has 0 spiro atoms. The summed E-state index contributed by atoms with van der Waals surface area (Å²) in [6, 6.07) is 2.27. The van der Waals surface area contributed by atoms with E-state index in [9.17, 15) is 26.3 Å². The fraction of sp³-hybridized carbons (Fsp3) is 0.455. The molecule has 18 heavy (non-hydrogen) atoms. The summed E-state index contributed by atoms with van der Waals surface area (Å²) in [6.07, 6.45) is -5.73.